The van der Waals surface area contributed by atoms with Crippen LogP contribution in [0.1, 0.15) is 13.3 Å². The van der Waals surface area contributed by atoms with Crippen molar-refractivity contribution in [2.24, 2.45) is 0 Å². The van der Waals surface area contributed by atoms with Gasteiger partial charge < -0.3 is 15.2 Å². The van der Waals surface area contributed by atoms with Gasteiger partial charge in [-0.05, 0) is 6.92 Å². The summed E-state index contributed by atoms with van der Waals surface area (Å²) in [5, 5.41) is 12.3. The van der Waals surface area contributed by atoms with Gasteiger partial charge in [-0.3, -0.25) is 0 Å². The lowest BCUT2D eigenvalue weighted by Crippen LogP contribution is -2.43. The number of hydrogen-bond donors (Lipinski definition) is 2. The van der Waals surface area contributed by atoms with Gasteiger partial charge in [-0.15, -0.1) is 0 Å². The van der Waals surface area contributed by atoms with Gasteiger partial charge >= 0.3 is 0 Å². The maximum Gasteiger partial charge on any atom is 0.0724 e. The maximum absolute atomic E-state index is 9.16. The van der Waals surface area contributed by atoms with Gasteiger partial charge in [0.05, 0.1) is 12.2 Å². The monoisotopic (exact) mass is 145 g/mol. The molecule has 0 aromatic carbocycles. The van der Waals surface area contributed by atoms with Crippen molar-refractivity contribution in [3.63, 3.8) is 0 Å². The fraction of sp³-hybridized carbons (Fsp3) is 1.00. The lowest BCUT2D eigenvalue weighted by atomic mass is 10.1. The summed E-state index contributed by atoms with van der Waals surface area (Å²) in [6.07, 6.45) is 0.778. The van der Waals surface area contributed by atoms with Crippen LogP contribution in [0.3, 0.4) is 0 Å². The van der Waals surface area contributed by atoms with Crippen LogP contribution in [0.2, 0.25) is 0 Å². The predicted molar refractivity (Wildman–Crippen MR) is 38.9 cm³/mol. The third-order valence-electron chi connectivity index (χ3n) is 1.69. The van der Waals surface area contributed by atoms with Crippen LogP contribution >= 0.6 is 0 Å². The summed E-state index contributed by atoms with van der Waals surface area (Å²) in [6.45, 7) is 4.30. The summed E-state index contributed by atoms with van der Waals surface area (Å²) >= 11 is 0. The van der Waals surface area contributed by atoms with Crippen LogP contribution in [-0.2, 0) is 4.74 Å². The molecule has 1 saturated heterocycles. The van der Waals surface area contributed by atoms with Crippen LogP contribution in [0, 0.1) is 0 Å². The first-order valence-electron chi connectivity index (χ1n) is 3.83. The third-order valence-corrected chi connectivity index (χ3v) is 1.69. The molecule has 3 nitrogen and oxygen atoms in total. The van der Waals surface area contributed by atoms with Crippen molar-refractivity contribution in [2.75, 3.05) is 19.7 Å². The van der Waals surface area contributed by atoms with E-state index >= 15 is 0 Å². The number of rotatable bonds is 2. The highest BCUT2D eigenvalue weighted by molar-refractivity contribution is 4.75. The van der Waals surface area contributed by atoms with Crippen LogP contribution in [0.5, 0.6) is 0 Å². The topological polar surface area (TPSA) is 41.5 Å². The van der Waals surface area contributed by atoms with Crippen molar-refractivity contribution >= 4 is 0 Å². The van der Waals surface area contributed by atoms with Crippen LogP contribution in [-0.4, -0.2) is 37.0 Å². The third kappa shape index (κ3) is 2.25. The average Bonchev–Trinajstić information content (AvgIpc) is 1.88. The predicted octanol–water partition coefficient (Wildman–Crippen LogP) is -0.254. The van der Waals surface area contributed by atoms with Gasteiger partial charge in [0, 0.05) is 26.1 Å². The molecule has 1 aliphatic rings. The lowest BCUT2D eigenvalue weighted by Gasteiger charge is -2.26. The first-order chi connectivity index (χ1) is 4.83. The van der Waals surface area contributed by atoms with Crippen LogP contribution < -0.4 is 5.32 Å². The van der Waals surface area contributed by atoms with Gasteiger partial charge in [-0.1, -0.05) is 0 Å². The van der Waals surface area contributed by atoms with Crippen LogP contribution in [0.4, 0.5) is 0 Å². The average molecular weight is 145 g/mol. The second-order valence-electron chi connectivity index (χ2n) is 2.63. The lowest BCUT2D eigenvalue weighted by molar-refractivity contribution is 0.00103. The van der Waals surface area contributed by atoms with E-state index in [1.54, 1.807) is 0 Å². The van der Waals surface area contributed by atoms with Crippen LogP contribution in [0.15, 0.2) is 0 Å². The standard InChI is InChI=1S/C7H15NO2/c1-2-10-7-3-6(9)4-8-5-7/h6-9H,2-5H2,1H3. The number of aliphatic hydroxyl groups excluding tert-OH is 1. The molecule has 60 valence electrons. The highest BCUT2D eigenvalue weighted by Gasteiger charge is 2.18. The molecule has 1 aliphatic heterocycles. The van der Waals surface area contributed by atoms with E-state index in [-0.39, 0.29) is 12.2 Å². The second kappa shape index (κ2) is 3.91. The molecule has 1 heterocycles. The SMILES string of the molecule is CCOC1CNCC(O)C1. The molecule has 1 fully saturated rings. The molecular weight excluding hydrogens is 130 g/mol. The highest BCUT2D eigenvalue weighted by atomic mass is 16.5. The number of hydrogen-bond acceptors (Lipinski definition) is 3. The molecule has 0 amide bonds. The molecule has 0 aromatic heterocycles. The Kier molecular flexibility index (Phi) is 3.12. The molecule has 0 spiro atoms. The van der Waals surface area contributed by atoms with Crippen molar-refractivity contribution in [3.8, 4) is 0 Å². The zero-order valence-electron chi connectivity index (χ0n) is 6.34. The molecule has 0 saturated carbocycles. The number of nitrogens with one attached hydrogen (secondary N) is 1. The number of piperidine rings is 1. The van der Waals surface area contributed by atoms with E-state index in [0.29, 0.717) is 6.54 Å². The van der Waals surface area contributed by atoms with Gasteiger partial charge in [-0.2, -0.15) is 0 Å². The van der Waals surface area contributed by atoms with Gasteiger partial charge in [0.2, 0.25) is 0 Å². The molecule has 1 rings (SSSR count). The van der Waals surface area contributed by atoms with Gasteiger partial charge in [0.15, 0.2) is 0 Å². The Bertz CT molecular complexity index is 95.6. The molecule has 0 aliphatic carbocycles. The Balaban J connectivity index is 2.18. The normalized spacial score (nSPS) is 34.2. The van der Waals surface area contributed by atoms with E-state index in [0.717, 1.165) is 19.6 Å². The summed E-state index contributed by atoms with van der Waals surface area (Å²) in [6, 6.07) is 0. The number of β-amino-alcohol motifs (C(OH)–C–C–N with tert-alkyl or cyclic N) is 1. The van der Waals surface area contributed by atoms with Gasteiger partial charge in [-0.25, -0.2) is 0 Å². The second-order valence-corrected chi connectivity index (χ2v) is 2.63. The summed E-state index contributed by atoms with van der Waals surface area (Å²) in [7, 11) is 0. The zero-order valence-corrected chi connectivity index (χ0v) is 6.34. The number of ether oxygens (including phenoxy) is 1. The first-order valence-corrected chi connectivity index (χ1v) is 3.83. The van der Waals surface area contributed by atoms with E-state index in [9.17, 15) is 0 Å². The van der Waals surface area contributed by atoms with E-state index in [4.69, 9.17) is 9.84 Å². The highest BCUT2D eigenvalue weighted by Crippen LogP contribution is 2.05. The smallest absolute Gasteiger partial charge is 0.0724 e. The van der Waals surface area contributed by atoms with Gasteiger partial charge in [0.25, 0.3) is 0 Å². The minimum atomic E-state index is -0.217. The zero-order chi connectivity index (χ0) is 7.40. The molecule has 2 unspecified atom stereocenters. The van der Waals surface area contributed by atoms with Crippen molar-refractivity contribution in [2.45, 2.75) is 25.6 Å². The van der Waals surface area contributed by atoms with E-state index in [2.05, 4.69) is 5.32 Å². The van der Waals surface area contributed by atoms with Crippen LogP contribution in [0.25, 0.3) is 0 Å². The van der Waals surface area contributed by atoms with E-state index in [1.165, 1.54) is 0 Å². The minimum Gasteiger partial charge on any atom is -0.392 e. The Morgan fingerprint density at radius 3 is 3.00 bits per heavy atom. The van der Waals surface area contributed by atoms with Gasteiger partial charge in [0.1, 0.15) is 0 Å². The van der Waals surface area contributed by atoms with Crippen molar-refractivity contribution in [3.05, 3.63) is 0 Å². The first kappa shape index (κ1) is 7.98. The van der Waals surface area contributed by atoms with Crippen molar-refractivity contribution < 1.29 is 9.84 Å². The minimum absolute atomic E-state index is 0.216. The Morgan fingerprint density at radius 1 is 1.60 bits per heavy atom. The summed E-state index contributed by atoms with van der Waals surface area (Å²) in [5.41, 5.74) is 0. The molecular formula is C7H15NO2. The largest absolute Gasteiger partial charge is 0.392 e. The summed E-state index contributed by atoms with van der Waals surface area (Å²) in [4.78, 5) is 0. The molecule has 0 aromatic rings. The maximum atomic E-state index is 9.16. The molecule has 2 N–H and O–H groups in total. The molecule has 10 heavy (non-hydrogen) atoms. The Labute approximate surface area is 61.4 Å². The van der Waals surface area contributed by atoms with Crippen molar-refractivity contribution in [1.29, 1.82) is 0 Å². The molecule has 2 atom stereocenters. The Hall–Kier alpha value is -0.120. The summed E-state index contributed by atoms with van der Waals surface area (Å²) < 4.78 is 5.33. The number of aliphatic hydroxyl groups is 1. The molecule has 3 heteroatoms. The fourth-order valence-electron chi connectivity index (χ4n) is 1.24. The van der Waals surface area contributed by atoms with E-state index in [1.807, 2.05) is 6.92 Å². The molecule has 0 radical (unpaired) electrons. The fourth-order valence-corrected chi connectivity index (χ4v) is 1.24. The summed E-state index contributed by atoms with van der Waals surface area (Å²) in [5.74, 6) is 0. The van der Waals surface area contributed by atoms with Crippen molar-refractivity contribution in [1.82, 2.24) is 5.32 Å². The van der Waals surface area contributed by atoms with E-state index < -0.39 is 0 Å². The molecule has 0 bridgehead atoms. The Morgan fingerprint density at radius 2 is 2.40 bits per heavy atom. The quantitative estimate of drug-likeness (QED) is 0.563.